The summed E-state index contributed by atoms with van der Waals surface area (Å²) in [7, 11) is 1.36. The van der Waals surface area contributed by atoms with Crippen LogP contribution in [-0.2, 0) is 9.53 Å². The number of esters is 1. The van der Waals surface area contributed by atoms with E-state index in [0.717, 1.165) is 12.8 Å². The van der Waals surface area contributed by atoms with Crippen molar-refractivity contribution in [2.45, 2.75) is 12.8 Å². The summed E-state index contributed by atoms with van der Waals surface area (Å²) in [6, 6.07) is 0. The quantitative estimate of drug-likeness (QED) is 0.467. The number of halogens is 3. The molecular weight excluding hydrogens is 346 g/mol. The molecule has 1 unspecified atom stereocenters. The Morgan fingerprint density at radius 2 is 2.22 bits per heavy atom. The number of hydrogen-bond donors (Lipinski definition) is 0. The minimum Gasteiger partial charge on any atom is -0.469 e. The fraction of sp³-hybridized carbons (Fsp3) is 0.429. The minimum atomic E-state index is -0.740. The van der Waals surface area contributed by atoms with Gasteiger partial charge in [0.25, 0.3) is 0 Å². The number of fused-ring (bicyclic) bond motifs is 1. The Bertz CT molecular complexity index is 774. The lowest BCUT2D eigenvalue weighted by molar-refractivity contribution is -0.145. The molecule has 1 fully saturated rings. The van der Waals surface area contributed by atoms with Crippen molar-refractivity contribution in [2.24, 2.45) is 5.92 Å². The number of nitrogens with zero attached hydrogens (tertiary/aromatic N) is 4. The summed E-state index contributed by atoms with van der Waals surface area (Å²) in [6.07, 6.45) is 2.93. The standard InChI is InChI=1S/C14H13Cl2FN4O2/c1-23-13(22)7-3-2-4-21(6-7)12-8-5-18-11(15)9(17)10(8)19-14(16)20-12/h5,7H,2-4,6H2,1H3. The number of aromatic nitrogens is 3. The van der Waals surface area contributed by atoms with E-state index >= 15 is 0 Å². The predicted octanol–water partition coefficient (Wildman–Crippen LogP) is 2.86. The van der Waals surface area contributed by atoms with Crippen LogP contribution in [0.25, 0.3) is 10.9 Å². The van der Waals surface area contributed by atoms with Crippen LogP contribution in [-0.4, -0.2) is 41.1 Å². The van der Waals surface area contributed by atoms with Gasteiger partial charge in [-0.15, -0.1) is 0 Å². The second-order valence-electron chi connectivity index (χ2n) is 5.25. The summed E-state index contributed by atoms with van der Waals surface area (Å²) in [5.74, 6) is -0.831. The van der Waals surface area contributed by atoms with Gasteiger partial charge in [-0.3, -0.25) is 4.79 Å². The first-order chi connectivity index (χ1) is 11.0. The van der Waals surface area contributed by atoms with Crippen molar-refractivity contribution in [3.8, 4) is 0 Å². The van der Waals surface area contributed by atoms with Gasteiger partial charge in [0.15, 0.2) is 11.0 Å². The first-order valence-corrected chi connectivity index (χ1v) is 7.77. The van der Waals surface area contributed by atoms with Gasteiger partial charge < -0.3 is 9.64 Å². The molecular formula is C14H13Cl2FN4O2. The Hall–Kier alpha value is -1.73. The van der Waals surface area contributed by atoms with E-state index in [1.54, 1.807) is 0 Å². The van der Waals surface area contributed by atoms with Crippen LogP contribution < -0.4 is 4.90 Å². The maximum atomic E-state index is 14.1. The highest BCUT2D eigenvalue weighted by molar-refractivity contribution is 6.30. The predicted molar refractivity (Wildman–Crippen MR) is 84.3 cm³/mol. The molecule has 0 bridgehead atoms. The molecule has 3 heterocycles. The molecule has 6 nitrogen and oxygen atoms in total. The Labute approximate surface area is 141 Å². The summed E-state index contributed by atoms with van der Waals surface area (Å²) < 4.78 is 19.0. The molecule has 122 valence electrons. The van der Waals surface area contributed by atoms with Gasteiger partial charge >= 0.3 is 5.97 Å². The van der Waals surface area contributed by atoms with Crippen LogP contribution in [0.4, 0.5) is 10.2 Å². The van der Waals surface area contributed by atoms with E-state index in [2.05, 4.69) is 15.0 Å². The van der Waals surface area contributed by atoms with E-state index in [0.29, 0.717) is 24.3 Å². The zero-order valence-corrected chi connectivity index (χ0v) is 13.7. The minimum absolute atomic E-state index is 0.0141. The number of hydrogen-bond acceptors (Lipinski definition) is 6. The normalized spacial score (nSPS) is 18.3. The Morgan fingerprint density at radius 3 is 2.96 bits per heavy atom. The lowest BCUT2D eigenvalue weighted by atomic mass is 9.98. The first kappa shape index (κ1) is 16.1. The fourth-order valence-corrected chi connectivity index (χ4v) is 3.07. The Balaban J connectivity index is 2.05. The van der Waals surface area contributed by atoms with Gasteiger partial charge in [-0.25, -0.2) is 14.4 Å². The van der Waals surface area contributed by atoms with Crippen LogP contribution >= 0.6 is 23.2 Å². The molecule has 0 radical (unpaired) electrons. The largest absolute Gasteiger partial charge is 0.469 e. The highest BCUT2D eigenvalue weighted by atomic mass is 35.5. The van der Waals surface area contributed by atoms with E-state index in [1.165, 1.54) is 13.3 Å². The van der Waals surface area contributed by atoms with E-state index in [1.807, 2.05) is 4.90 Å². The van der Waals surface area contributed by atoms with E-state index < -0.39 is 5.82 Å². The monoisotopic (exact) mass is 358 g/mol. The highest BCUT2D eigenvalue weighted by Crippen LogP contribution is 2.31. The molecule has 2 aromatic rings. The van der Waals surface area contributed by atoms with Crippen LogP contribution in [0.5, 0.6) is 0 Å². The van der Waals surface area contributed by atoms with Crippen molar-refractivity contribution in [1.82, 2.24) is 15.0 Å². The summed E-state index contributed by atoms with van der Waals surface area (Å²) in [6.45, 7) is 1.08. The maximum Gasteiger partial charge on any atom is 0.310 e. The zero-order valence-electron chi connectivity index (χ0n) is 12.2. The number of carbonyl (C=O) groups excluding carboxylic acids is 1. The van der Waals surface area contributed by atoms with Crippen molar-refractivity contribution < 1.29 is 13.9 Å². The molecule has 0 spiro atoms. The van der Waals surface area contributed by atoms with Crippen LogP contribution in [0, 0.1) is 11.7 Å². The number of carbonyl (C=O) groups is 1. The molecule has 1 atom stereocenters. The lowest BCUT2D eigenvalue weighted by Gasteiger charge is -2.32. The number of rotatable bonds is 2. The van der Waals surface area contributed by atoms with E-state index in [9.17, 15) is 9.18 Å². The second kappa shape index (κ2) is 6.41. The van der Waals surface area contributed by atoms with Gasteiger partial charge in [-0.2, -0.15) is 4.98 Å². The van der Waals surface area contributed by atoms with Gasteiger partial charge in [0, 0.05) is 19.3 Å². The third-order valence-electron chi connectivity index (χ3n) is 3.85. The molecule has 0 aromatic carbocycles. The van der Waals surface area contributed by atoms with Crippen LogP contribution in [0.15, 0.2) is 6.20 Å². The fourth-order valence-electron chi connectivity index (χ4n) is 2.76. The summed E-state index contributed by atoms with van der Waals surface area (Å²) in [5.41, 5.74) is 0.0141. The van der Waals surface area contributed by atoms with Crippen molar-refractivity contribution >= 4 is 45.9 Å². The average Bonchev–Trinajstić information content (AvgIpc) is 2.57. The van der Waals surface area contributed by atoms with Crippen molar-refractivity contribution in [2.75, 3.05) is 25.1 Å². The first-order valence-electron chi connectivity index (χ1n) is 7.01. The molecule has 9 heteroatoms. The molecule has 3 rings (SSSR count). The van der Waals surface area contributed by atoms with Crippen LogP contribution in [0.3, 0.4) is 0 Å². The second-order valence-corrected chi connectivity index (χ2v) is 5.95. The van der Waals surface area contributed by atoms with Gasteiger partial charge in [0.2, 0.25) is 5.28 Å². The summed E-state index contributed by atoms with van der Waals surface area (Å²) >= 11 is 11.6. The zero-order chi connectivity index (χ0) is 16.6. The number of methoxy groups -OCH3 is 1. The summed E-state index contributed by atoms with van der Waals surface area (Å²) in [5, 5.41) is 0.0416. The summed E-state index contributed by atoms with van der Waals surface area (Å²) in [4.78, 5) is 25.6. The lowest BCUT2D eigenvalue weighted by Crippen LogP contribution is -2.39. The third kappa shape index (κ3) is 3.03. The molecule has 1 saturated heterocycles. The molecule has 23 heavy (non-hydrogen) atoms. The Morgan fingerprint density at radius 1 is 1.43 bits per heavy atom. The highest BCUT2D eigenvalue weighted by Gasteiger charge is 2.29. The van der Waals surface area contributed by atoms with Crippen molar-refractivity contribution in [1.29, 1.82) is 0 Å². The van der Waals surface area contributed by atoms with E-state index in [-0.39, 0.29) is 27.8 Å². The van der Waals surface area contributed by atoms with Crippen LogP contribution in [0.2, 0.25) is 10.4 Å². The Kier molecular flexibility index (Phi) is 4.50. The number of piperidine rings is 1. The molecule has 0 N–H and O–H groups in total. The maximum absolute atomic E-state index is 14.1. The molecule has 1 aliphatic heterocycles. The van der Waals surface area contributed by atoms with Crippen LogP contribution in [0.1, 0.15) is 12.8 Å². The van der Waals surface area contributed by atoms with Crippen molar-refractivity contribution in [3.63, 3.8) is 0 Å². The molecule has 0 amide bonds. The molecule has 2 aromatic heterocycles. The van der Waals surface area contributed by atoms with Crippen molar-refractivity contribution in [3.05, 3.63) is 22.5 Å². The van der Waals surface area contributed by atoms with Gasteiger partial charge in [0.1, 0.15) is 11.3 Å². The SMILES string of the molecule is COC(=O)C1CCCN(c2nc(Cl)nc3c(F)c(Cl)ncc23)C1. The smallest absolute Gasteiger partial charge is 0.310 e. The molecule has 0 aliphatic carbocycles. The van der Waals surface area contributed by atoms with Gasteiger partial charge in [-0.1, -0.05) is 11.6 Å². The van der Waals surface area contributed by atoms with Gasteiger partial charge in [0.05, 0.1) is 18.4 Å². The number of pyridine rings is 1. The number of ether oxygens (including phenoxy) is 1. The molecule has 0 saturated carbocycles. The third-order valence-corrected chi connectivity index (χ3v) is 4.28. The molecule has 1 aliphatic rings. The average molecular weight is 359 g/mol. The topological polar surface area (TPSA) is 68.2 Å². The van der Waals surface area contributed by atoms with E-state index in [4.69, 9.17) is 27.9 Å². The number of anilines is 1. The van der Waals surface area contributed by atoms with Gasteiger partial charge in [-0.05, 0) is 24.4 Å².